The lowest BCUT2D eigenvalue weighted by molar-refractivity contribution is 0.954. The quantitative estimate of drug-likeness (QED) is 0.183. The van der Waals surface area contributed by atoms with Crippen molar-refractivity contribution in [3.63, 3.8) is 0 Å². The fourth-order valence-corrected chi connectivity index (χ4v) is 7.43. The van der Waals surface area contributed by atoms with Gasteiger partial charge in [0.25, 0.3) is 0 Å². The van der Waals surface area contributed by atoms with Gasteiger partial charge in [-0.2, -0.15) is 9.97 Å². The van der Waals surface area contributed by atoms with Gasteiger partial charge in [0.1, 0.15) is 0 Å². The van der Waals surface area contributed by atoms with Crippen molar-refractivity contribution in [2.24, 2.45) is 0 Å². The van der Waals surface area contributed by atoms with E-state index in [0.717, 1.165) is 44.1 Å². The predicted molar refractivity (Wildman–Crippen MR) is 203 cm³/mol. The van der Waals surface area contributed by atoms with E-state index in [1.54, 1.807) is 0 Å². The maximum absolute atomic E-state index is 5.17. The summed E-state index contributed by atoms with van der Waals surface area (Å²) >= 11 is 0. The first-order valence-corrected chi connectivity index (χ1v) is 16.5. The summed E-state index contributed by atoms with van der Waals surface area (Å²) in [4.78, 5) is 15.3. The van der Waals surface area contributed by atoms with Crippen molar-refractivity contribution in [3.8, 4) is 39.9 Å². The van der Waals surface area contributed by atoms with Crippen LogP contribution >= 0.6 is 0 Å². The number of hydrogen-bond acceptors (Lipinski definition) is 3. The van der Waals surface area contributed by atoms with Crippen LogP contribution in [0, 0.1) is 0 Å². The van der Waals surface area contributed by atoms with Crippen LogP contribution in [0.25, 0.3) is 94.0 Å². The minimum absolute atomic E-state index is 0.587. The van der Waals surface area contributed by atoms with Crippen molar-refractivity contribution in [2.45, 2.75) is 0 Å². The molecule has 0 saturated carbocycles. The minimum Gasteiger partial charge on any atom is -0.277 e. The van der Waals surface area contributed by atoms with E-state index in [4.69, 9.17) is 15.0 Å². The topological polar surface area (TPSA) is 43.6 Å². The van der Waals surface area contributed by atoms with Gasteiger partial charge in [0.05, 0.1) is 11.0 Å². The Morgan fingerprint density at radius 1 is 0.327 bits per heavy atom. The van der Waals surface area contributed by atoms with Crippen LogP contribution < -0.4 is 0 Å². The molecule has 0 aliphatic heterocycles. The van der Waals surface area contributed by atoms with Gasteiger partial charge in [-0.3, -0.25) is 4.57 Å². The summed E-state index contributed by atoms with van der Waals surface area (Å²) in [6.07, 6.45) is 0. The summed E-state index contributed by atoms with van der Waals surface area (Å²) < 4.78 is 2.23. The Bertz CT molecular complexity index is 2780. The summed E-state index contributed by atoms with van der Waals surface area (Å²) in [5.41, 5.74) is 6.26. The molecule has 0 unspecified atom stereocenters. The molecule has 0 fully saturated rings. The van der Waals surface area contributed by atoms with E-state index in [1.807, 2.05) is 60.7 Å². The largest absolute Gasteiger partial charge is 0.277 e. The SMILES string of the molecule is c1ccc(-c2nc(-c3ccccc3)nc(-n3c4ccccc4c4cccc(-c5ccc6c7ccccc7c7ccccc7c6c5)c43)n2)cc1. The average molecular weight is 625 g/mol. The molecule has 2 heterocycles. The number of hydrogen-bond donors (Lipinski definition) is 0. The van der Waals surface area contributed by atoms with Crippen LogP contribution in [0.5, 0.6) is 0 Å². The molecule has 228 valence electrons. The molecule has 0 N–H and O–H groups in total. The maximum Gasteiger partial charge on any atom is 0.238 e. The summed E-state index contributed by atoms with van der Waals surface area (Å²) in [5.74, 6) is 1.86. The van der Waals surface area contributed by atoms with Crippen LogP contribution in [-0.4, -0.2) is 19.5 Å². The highest BCUT2D eigenvalue weighted by Crippen LogP contribution is 2.41. The van der Waals surface area contributed by atoms with E-state index >= 15 is 0 Å². The van der Waals surface area contributed by atoms with E-state index in [9.17, 15) is 0 Å². The van der Waals surface area contributed by atoms with E-state index in [-0.39, 0.29) is 0 Å². The highest BCUT2D eigenvalue weighted by atomic mass is 15.2. The lowest BCUT2D eigenvalue weighted by Crippen LogP contribution is -2.06. The van der Waals surface area contributed by atoms with Gasteiger partial charge in [0.2, 0.25) is 5.95 Å². The molecule has 0 saturated heterocycles. The van der Waals surface area contributed by atoms with E-state index in [0.29, 0.717) is 17.6 Å². The van der Waals surface area contributed by atoms with E-state index in [2.05, 4.69) is 114 Å². The molecule has 0 bridgehead atoms. The molecular weight excluding hydrogens is 597 g/mol. The van der Waals surface area contributed by atoms with Gasteiger partial charge in [0.15, 0.2) is 11.6 Å². The molecule has 10 aromatic rings. The van der Waals surface area contributed by atoms with Crippen LogP contribution in [0.2, 0.25) is 0 Å². The Balaban J connectivity index is 1.29. The number of para-hydroxylation sites is 2. The van der Waals surface area contributed by atoms with Crippen LogP contribution in [0.4, 0.5) is 0 Å². The average Bonchev–Trinajstić information content (AvgIpc) is 3.53. The Labute approximate surface area is 282 Å². The van der Waals surface area contributed by atoms with Gasteiger partial charge in [-0.05, 0) is 50.0 Å². The standard InChI is InChI=1S/C45H28N4/c1-3-14-29(15-4-1)43-46-44(30-16-5-2-6-17-30)48-45(47-43)49-41-25-12-11-22-38(41)39-24-13-23-32(42(39)49)31-26-27-37-35-20-8-7-18-33(35)34-19-9-10-21-36(34)40(37)28-31/h1-28H. The molecule has 0 amide bonds. The molecule has 0 atom stereocenters. The summed E-state index contributed by atoms with van der Waals surface area (Å²) in [5, 5.41) is 9.86. The number of benzene rings is 8. The van der Waals surface area contributed by atoms with Gasteiger partial charge in [-0.1, -0.05) is 158 Å². The first-order chi connectivity index (χ1) is 24.3. The fraction of sp³-hybridized carbons (Fsp3) is 0. The Morgan fingerprint density at radius 3 is 1.43 bits per heavy atom. The van der Waals surface area contributed by atoms with Crippen LogP contribution in [0.15, 0.2) is 170 Å². The maximum atomic E-state index is 5.17. The third-order valence-electron chi connectivity index (χ3n) is 9.64. The van der Waals surface area contributed by atoms with Crippen LogP contribution in [-0.2, 0) is 0 Å². The molecular formula is C45H28N4. The first-order valence-electron chi connectivity index (χ1n) is 16.5. The highest BCUT2D eigenvalue weighted by Gasteiger charge is 2.21. The highest BCUT2D eigenvalue weighted by molar-refractivity contribution is 6.26. The smallest absolute Gasteiger partial charge is 0.238 e. The first kappa shape index (κ1) is 27.5. The second-order valence-corrected chi connectivity index (χ2v) is 12.4. The lowest BCUT2D eigenvalue weighted by atomic mass is 9.91. The van der Waals surface area contributed by atoms with Crippen LogP contribution in [0.3, 0.4) is 0 Å². The Hall–Kier alpha value is -6.65. The van der Waals surface area contributed by atoms with Crippen LogP contribution in [0.1, 0.15) is 0 Å². The molecule has 2 aromatic heterocycles. The predicted octanol–water partition coefficient (Wildman–Crippen LogP) is 11.4. The molecule has 0 aliphatic rings. The monoisotopic (exact) mass is 624 g/mol. The van der Waals surface area contributed by atoms with Gasteiger partial charge in [-0.15, -0.1) is 0 Å². The van der Waals surface area contributed by atoms with Crippen molar-refractivity contribution >= 4 is 54.1 Å². The zero-order valence-corrected chi connectivity index (χ0v) is 26.5. The van der Waals surface area contributed by atoms with E-state index < -0.39 is 0 Å². The fourth-order valence-electron chi connectivity index (χ4n) is 7.43. The third-order valence-corrected chi connectivity index (χ3v) is 9.64. The molecule has 0 spiro atoms. The second-order valence-electron chi connectivity index (χ2n) is 12.4. The lowest BCUT2D eigenvalue weighted by Gasteiger charge is -2.14. The molecule has 0 radical (unpaired) electrons. The zero-order chi connectivity index (χ0) is 32.3. The normalized spacial score (nSPS) is 11.7. The van der Waals surface area contributed by atoms with Gasteiger partial charge in [-0.25, -0.2) is 4.98 Å². The summed E-state index contributed by atoms with van der Waals surface area (Å²) in [6.45, 7) is 0. The number of nitrogens with zero attached hydrogens (tertiary/aromatic N) is 4. The summed E-state index contributed by atoms with van der Waals surface area (Å²) in [6, 6.07) is 59.8. The minimum atomic E-state index is 0.587. The summed E-state index contributed by atoms with van der Waals surface area (Å²) in [7, 11) is 0. The molecule has 49 heavy (non-hydrogen) atoms. The zero-order valence-electron chi connectivity index (χ0n) is 26.5. The molecule has 4 heteroatoms. The molecule has 8 aromatic carbocycles. The number of aromatic nitrogens is 4. The Morgan fingerprint density at radius 2 is 0.816 bits per heavy atom. The van der Waals surface area contributed by atoms with Gasteiger partial charge in [0, 0.05) is 27.5 Å². The van der Waals surface area contributed by atoms with Gasteiger partial charge < -0.3 is 0 Å². The second kappa shape index (κ2) is 11.0. The number of fused-ring (bicyclic) bond motifs is 9. The van der Waals surface area contributed by atoms with Gasteiger partial charge >= 0.3 is 0 Å². The van der Waals surface area contributed by atoms with Crippen molar-refractivity contribution < 1.29 is 0 Å². The Kier molecular flexibility index (Phi) is 6.15. The molecule has 4 nitrogen and oxygen atoms in total. The molecule has 0 aliphatic carbocycles. The van der Waals surface area contributed by atoms with Crippen molar-refractivity contribution in [1.82, 2.24) is 19.5 Å². The van der Waals surface area contributed by atoms with Crippen molar-refractivity contribution in [3.05, 3.63) is 170 Å². The third kappa shape index (κ3) is 4.35. The molecule has 10 rings (SSSR count). The van der Waals surface area contributed by atoms with E-state index in [1.165, 1.54) is 32.3 Å². The van der Waals surface area contributed by atoms with Crippen molar-refractivity contribution in [2.75, 3.05) is 0 Å². The number of rotatable bonds is 4. The van der Waals surface area contributed by atoms with Crippen molar-refractivity contribution in [1.29, 1.82) is 0 Å².